The number of amides is 2. The van der Waals surface area contributed by atoms with Crippen LogP contribution in [0.25, 0.3) is 10.9 Å². The summed E-state index contributed by atoms with van der Waals surface area (Å²) in [5.74, 6) is -1.63. The number of ether oxygens (including phenoxy) is 2. The lowest BCUT2D eigenvalue weighted by Crippen LogP contribution is -2.70. The van der Waals surface area contributed by atoms with Crippen molar-refractivity contribution in [2.24, 2.45) is 0 Å². The van der Waals surface area contributed by atoms with E-state index in [1.54, 1.807) is 6.07 Å². The molecule has 1 atom stereocenters. The van der Waals surface area contributed by atoms with E-state index in [2.05, 4.69) is 20.8 Å². The van der Waals surface area contributed by atoms with Gasteiger partial charge in [-0.15, -0.1) is 0 Å². The molecule has 37 heavy (non-hydrogen) atoms. The van der Waals surface area contributed by atoms with Crippen molar-refractivity contribution in [1.82, 2.24) is 20.8 Å². The Hall–Kier alpha value is -3.44. The molecule has 1 heterocycles. The summed E-state index contributed by atoms with van der Waals surface area (Å²) in [6.45, 7) is -0.666. The number of aromatic amines is 1. The summed E-state index contributed by atoms with van der Waals surface area (Å²) in [4.78, 5) is 25.2. The highest BCUT2D eigenvalue weighted by Gasteiger charge is 2.55. The van der Waals surface area contributed by atoms with Crippen LogP contribution < -0.4 is 20.1 Å². The van der Waals surface area contributed by atoms with Crippen LogP contribution in [0.4, 0.5) is 8.78 Å². The van der Waals surface area contributed by atoms with Gasteiger partial charge in [0.25, 0.3) is 11.8 Å². The highest BCUT2D eigenvalue weighted by Crippen LogP contribution is 2.47. The lowest BCUT2D eigenvalue weighted by Gasteiger charge is -2.56. The molecule has 9 nitrogen and oxygen atoms in total. The average Bonchev–Trinajstić information content (AvgIpc) is 3.34. The maximum Gasteiger partial charge on any atom is 0.258 e. The number of H-pyrrole nitrogens is 1. The van der Waals surface area contributed by atoms with Crippen LogP contribution in [0, 0.1) is 11.6 Å². The topological polar surface area (TPSA) is 126 Å². The Morgan fingerprint density at radius 1 is 1.03 bits per heavy atom. The van der Waals surface area contributed by atoms with Crippen LogP contribution in [0.15, 0.2) is 36.5 Å². The molecule has 3 aromatic rings. The highest BCUT2D eigenvalue weighted by molar-refractivity contribution is 6.30. The van der Waals surface area contributed by atoms with Gasteiger partial charge in [0.15, 0.2) is 13.2 Å². The fourth-order valence-electron chi connectivity index (χ4n) is 5.24. The van der Waals surface area contributed by atoms with E-state index in [0.717, 1.165) is 6.07 Å². The van der Waals surface area contributed by atoms with Crippen molar-refractivity contribution in [2.75, 3.05) is 13.2 Å². The number of nitrogens with zero attached hydrogens (tertiary/aromatic N) is 1. The van der Waals surface area contributed by atoms with E-state index in [1.165, 1.54) is 24.4 Å². The largest absolute Gasteiger partial charge is 0.484 e. The summed E-state index contributed by atoms with van der Waals surface area (Å²) in [7, 11) is 0. The molecule has 2 amide bonds. The fraction of sp³-hybridized carbons (Fsp3) is 0.400. The Bertz CT molecular complexity index is 1340. The first-order valence-electron chi connectivity index (χ1n) is 11.8. The van der Waals surface area contributed by atoms with Crippen molar-refractivity contribution in [1.29, 1.82) is 0 Å². The molecule has 1 aromatic heterocycles. The molecule has 0 unspecified atom stereocenters. The van der Waals surface area contributed by atoms with E-state index in [9.17, 15) is 23.5 Å². The Kier molecular flexibility index (Phi) is 6.67. The number of rotatable bonds is 8. The Morgan fingerprint density at radius 3 is 2.41 bits per heavy atom. The number of aromatic nitrogens is 2. The Balaban J connectivity index is 1.13. The van der Waals surface area contributed by atoms with Gasteiger partial charge < -0.3 is 25.2 Å². The number of hydrogen-bond acceptors (Lipinski definition) is 6. The SMILES string of the molecule is O=C(COc1cc(F)c2cn[nH]c2c1)NC12CCC(NC(=O)COc3ccc(Cl)c(F)c3)(CC1)[C@@H](O)C2. The monoisotopic (exact) mass is 534 g/mol. The first kappa shape index (κ1) is 25.2. The third-order valence-corrected chi connectivity index (χ3v) is 7.53. The zero-order chi connectivity index (χ0) is 26.2. The van der Waals surface area contributed by atoms with E-state index < -0.39 is 34.7 Å². The zero-order valence-electron chi connectivity index (χ0n) is 19.7. The van der Waals surface area contributed by atoms with Crippen molar-refractivity contribution in [3.63, 3.8) is 0 Å². The first-order valence-corrected chi connectivity index (χ1v) is 12.2. The molecule has 3 aliphatic rings. The number of fused-ring (bicyclic) bond motifs is 4. The van der Waals surface area contributed by atoms with Gasteiger partial charge >= 0.3 is 0 Å². The molecular weight excluding hydrogens is 510 g/mol. The number of benzene rings is 2. The highest BCUT2D eigenvalue weighted by atomic mass is 35.5. The molecule has 6 rings (SSSR count). The van der Waals surface area contributed by atoms with Crippen molar-refractivity contribution in [2.45, 2.75) is 49.3 Å². The summed E-state index contributed by atoms with van der Waals surface area (Å²) in [6.07, 6.45) is 2.76. The molecule has 3 aliphatic carbocycles. The number of halogens is 3. The molecule has 0 radical (unpaired) electrons. The summed E-state index contributed by atoms with van der Waals surface area (Å²) >= 11 is 5.65. The maximum atomic E-state index is 14.1. The van der Waals surface area contributed by atoms with E-state index in [1.807, 2.05) is 0 Å². The van der Waals surface area contributed by atoms with Gasteiger partial charge in [0.2, 0.25) is 0 Å². The number of hydrogen-bond donors (Lipinski definition) is 4. The van der Waals surface area contributed by atoms with Crippen LogP contribution in [0.5, 0.6) is 11.5 Å². The number of carbonyl (C=O) groups excluding carboxylic acids is 2. The molecule has 0 spiro atoms. The van der Waals surface area contributed by atoms with E-state index in [-0.39, 0.29) is 42.1 Å². The summed E-state index contributed by atoms with van der Waals surface area (Å²) in [5.41, 5.74) is -0.991. The lowest BCUT2D eigenvalue weighted by molar-refractivity contribution is -0.137. The minimum absolute atomic E-state index is 0.0464. The van der Waals surface area contributed by atoms with Gasteiger partial charge in [-0.1, -0.05) is 11.6 Å². The van der Waals surface area contributed by atoms with Crippen LogP contribution in [0.3, 0.4) is 0 Å². The molecule has 3 saturated carbocycles. The fourth-order valence-corrected chi connectivity index (χ4v) is 5.36. The molecule has 3 fully saturated rings. The third kappa shape index (κ3) is 5.19. The van der Waals surface area contributed by atoms with Crippen molar-refractivity contribution < 1.29 is 33.0 Å². The first-order chi connectivity index (χ1) is 17.7. The molecule has 2 aromatic carbocycles. The molecule has 196 valence electrons. The van der Waals surface area contributed by atoms with Gasteiger partial charge in [-0.3, -0.25) is 14.7 Å². The minimum Gasteiger partial charge on any atom is -0.484 e. The van der Waals surface area contributed by atoms with E-state index in [4.69, 9.17) is 21.1 Å². The predicted octanol–water partition coefficient (Wildman–Crippen LogP) is 3.00. The van der Waals surface area contributed by atoms with Gasteiger partial charge in [-0.2, -0.15) is 5.10 Å². The zero-order valence-corrected chi connectivity index (χ0v) is 20.4. The standard InChI is InChI=1S/C25H25ClF2N4O5/c26-17-2-1-14(7-19(17)28)36-13-23(35)31-25-5-3-24(4-6-25,10-21(25)33)30-22(34)12-37-15-8-18(27)16-11-29-32-20(16)9-15/h1-2,7-9,11,21,33H,3-6,10,12-13H2,(H,29,32)(H,30,34)(H,31,35)/t21-,24?,25?/m0/s1. The predicted molar refractivity (Wildman–Crippen MR) is 129 cm³/mol. The smallest absolute Gasteiger partial charge is 0.258 e. The normalized spacial score (nSPS) is 24.6. The Labute approximate surface area is 215 Å². The van der Waals surface area contributed by atoms with Crippen LogP contribution in [-0.2, 0) is 9.59 Å². The molecule has 2 bridgehead atoms. The molecule has 12 heteroatoms. The number of carbonyl (C=O) groups is 2. The Morgan fingerprint density at radius 2 is 1.70 bits per heavy atom. The van der Waals surface area contributed by atoms with Gasteiger partial charge in [0.1, 0.15) is 23.1 Å². The summed E-state index contributed by atoms with van der Waals surface area (Å²) in [6, 6.07) is 6.64. The van der Waals surface area contributed by atoms with Crippen LogP contribution in [0.1, 0.15) is 32.1 Å². The molecule has 0 saturated heterocycles. The summed E-state index contributed by atoms with van der Waals surface area (Å²) in [5, 5.41) is 23.5. The minimum atomic E-state index is -0.884. The number of aliphatic hydroxyl groups is 1. The quantitative estimate of drug-likeness (QED) is 0.352. The number of nitrogens with one attached hydrogen (secondary N) is 3. The second kappa shape index (κ2) is 9.79. The van der Waals surface area contributed by atoms with Gasteiger partial charge in [-0.25, -0.2) is 8.78 Å². The van der Waals surface area contributed by atoms with Crippen LogP contribution in [0.2, 0.25) is 5.02 Å². The van der Waals surface area contributed by atoms with E-state index >= 15 is 0 Å². The average molecular weight is 535 g/mol. The summed E-state index contributed by atoms with van der Waals surface area (Å²) < 4.78 is 38.5. The second-order valence-electron chi connectivity index (χ2n) is 9.64. The van der Waals surface area contributed by atoms with Crippen molar-refractivity contribution >= 4 is 34.3 Å². The van der Waals surface area contributed by atoms with Crippen LogP contribution in [-0.4, -0.2) is 57.5 Å². The van der Waals surface area contributed by atoms with Crippen molar-refractivity contribution in [3.8, 4) is 11.5 Å². The molecular formula is C25H25ClF2N4O5. The van der Waals surface area contributed by atoms with Gasteiger partial charge in [0, 0.05) is 23.7 Å². The molecule has 4 N–H and O–H groups in total. The maximum absolute atomic E-state index is 14.1. The van der Waals surface area contributed by atoms with Crippen molar-refractivity contribution in [3.05, 3.63) is 53.2 Å². The number of aliphatic hydroxyl groups excluding tert-OH is 1. The van der Waals surface area contributed by atoms with E-state index in [0.29, 0.717) is 36.6 Å². The third-order valence-electron chi connectivity index (χ3n) is 7.23. The molecule has 0 aliphatic heterocycles. The van der Waals surface area contributed by atoms with Gasteiger partial charge in [0.05, 0.1) is 33.8 Å². The second-order valence-corrected chi connectivity index (χ2v) is 10.0. The lowest BCUT2D eigenvalue weighted by atomic mass is 9.60. The van der Waals surface area contributed by atoms with Gasteiger partial charge in [-0.05, 0) is 44.2 Å². The van der Waals surface area contributed by atoms with Crippen LogP contribution >= 0.6 is 11.6 Å².